The van der Waals surface area contributed by atoms with Gasteiger partial charge in [-0.25, -0.2) is 4.39 Å². The van der Waals surface area contributed by atoms with Crippen LogP contribution in [0.2, 0.25) is 0 Å². The molecule has 1 saturated heterocycles. The number of pyridine rings is 1. The highest BCUT2D eigenvalue weighted by Crippen LogP contribution is 2.49. The van der Waals surface area contributed by atoms with Crippen molar-refractivity contribution in [2.75, 3.05) is 11.4 Å². The minimum absolute atomic E-state index is 0.0171. The summed E-state index contributed by atoms with van der Waals surface area (Å²) in [6, 6.07) is 11.9. The average molecular weight is 380 g/mol. The third-order valence-corrected chi connectivity index (χ3v) is 6.25. The lowest BCUT2D eigenvalue weighted by molar-refractivity contribution is -0.128. The zero-order chi connectivity index (χ0) is 19.7. The third-order valence-electron chi connectivity index (χ3n) is 6.25. The van der Waals surface area contributed by atoms with Crippen molar-refractivity contribution in [3.63, 3.8) is 0 Å². The molecule has 1 aromatic heterocycles. The highest BCUT2D eigenvalue weighted by Gasteiger charge is 2.49. The number of aromatic nitrogens is 1. The Morgan fingerprint density at radius 1 is 1.21 bits per heavy atom. The zero-order valence-electron chi connectivity index (χ0n) is 16.2. The Bertz CT molecular complexity index is 913. The number of amides is 1. The highest BCUT2D eigenvalue weighted by atomic mass is 19.1. The number of aryl methyl sites for hydroxylation is 1. The molecule has 1 amide bonds. The zero-order valence-corrected chi connectivity index (χ0v) is 16.2. The number of nitrogens with zero attached hydrogens (tertiary/aromatic N) is 2. The maximum atomic E-state index is 14.2. The van der Waals surface area contributed by atoms with Crippen LogP contribution in [-0.4, -0.2) is 23.2 Å². The quantitative estimate of drug-likeness (QED) is 0.722. The van der Waals surface area contributed by atoms with Gasteiger partial charge in [0, 0.05) is 18.7 Å². The number of para-hydroxylation sites is 1. The van der Waals surface area contributed by atoms with Gasteiger partial charge < -0.3 is 4.90 Å². The number of carbonyl (C=O) groups is 2. The number of ketones is 1. The molecule has 2 atom stereocenters. The van der Waals surface area contributed by atoms with Crippen molar-refractivity contribution in [1.82, 2.24) is 4.98 Å². The molecule has 4 rings (SSSR count). The van der Waals surface area contributed by atoms with Crippen molar-refractivity contribution < 1.29 is 14.0 Å². The van der Waals surface area contributed by atoms with Gasteiger partial charge in [-0.2, -0.15) is 0 Å². The second-order valence-corrected chi connectivity index (χ2v) is 8.19. The molecule has 5 heteroatoms. The summed E-state index contributed by atoms with van der Waals surface area (Å²) in [4.78, 5) is 31.9. The topological polar surface area (TPSA) is 50.3 Å². The van der Waals surface area contributed by atoms with E-state index >= 15 is 0 Å². The second kappa shape index (κ2) is 7.46. The first-order valence-corrected chi connectivity index (χ1v) is 10.0. The lowest BCUT2D eigenvalue weighted by Crippen LogP contribution is -2.39. The van der Waals surface area contributed by atoms with E-state index in [4.69, 9.17) is 0 Å². The molecule has 1 saturated carbocycles. The maximum absolute atomic E-state index is 14.2. The summed E-state index contributed by atoms with van der Waals surface area (Å²) in [5, 5.41) is 0. The minimum Gasteiger partial charge on any atom is -0.309 e. The minimum atomic E-state index is -0.453. The molecule has 146 valence electrons. The van der Waals surface area contributed by atoms with Gasteiger partial charge in [0.2, 0.25) is 5.91 Å². The van der Waals surface area contributed by atoms with Crippen molar-refractivity contribution in [3.05, 3.63) is 59.7 Å². The maximum Gasteiger partial charge on any atom is 0.233 e. The van der Waals surface area contributed by atoms with Crippen LogP contribution in [-0.2, 0) is 4.79 Å². The molecular formula is C23H25FN2O2. The van der Waals surface area contributed by atoms with E-state index in [-0.39, 0.29) is 23.4 Å². The van der Waals surface area contributed by atoms with Gasteiger partial charge in [-0.15, -0.1) is 0 Å². The van der Waals surface area contributed by atoms with Crippen molar-refractivity contribution in [2.45, 2.75) is 45.4 Å². The van der Waals surface area contributed by atoms with E-state index in [1.54, 1.807) is 29.2 Å². The first-order valence-electron chi connectivity index (χ1n) is 10.0. The fraction of sp³-hybridized carbons (Fsp3) is 0.435. The number of hydrogen-bond donors (Lipinski definition) is 0. The van der Waals surface area contributed by atoms with Crippen LogP contribution >= 0.6 is 0 Å². The van der Waals surface area contributed by atoms with Crippen LogP contribution in [0.3, 0.4) is 0 Å². The summed E-state index contributed by atoms with van der Waals surface area (Å²) >= 11 is 0. The Kier molecular flexibility index (Phi) is 5.00. The predicted octanol–water partition coefficient (Wildman–Crippen LogP) is 4.72. The highest BCUT2D eigenvalue weighted by molar-refractivity contribution is 6.00. The Balaban J connectivity index is 1.48. The molecule has 2 aromatic rings. The van der Waals surface area contributed by atoms with E-state index in [2.05, 4.69) is 4.98 Å². The van der Waals surface area contributed by atoms with E-state index in [0.29, 0.717) is 30.8 Å². The summed E-state index contributed by atoms with van der Waals surface area (Å²) in [6.45, 7) is 2.42. The number of benzene rings is 1. The van der Waals surface area contributed by atoms with Crippen LogP contribution in [0, 0.1) is 24.1 Å². The summed E-state index contributed by atoms with van der Waals surface area (Å²) < 4.78 is 14.2. The molecule has 0 N–H and O–H groups in total. The molecule has 1 spiro atoms. The van der Waals surface area contributed by atoms with Gasteiger partial charge in [0.25, 0.3) is 0 Å². The molecule has 0 unspecified atom stereocenters. The van der Waals surface area contributed by atoms with Crippen molar-refractivity contribution in [2.24, 2.45) is 11.3 Å². The summed E-state index contributed by atoms with van der Waals surface area (Å²) in [6.07, 6.45) is 4.56. The van der Waals surface area contributed by atoms with Gasteiger partial charge in [-0.1, -0.05) is 24.6 Å². The molecule has 1 aliphatic carbocycles. The fourth-order valence-electron chi connectivity index (χ4n) is 4.87. The molecule has 1 aromatic carbocycles. The van der Waals surface area contributed by atoms with E-state index in [1.807, 2.05) is 19.1 Å². The molecule has 0 bridgehead atoms. The number of rotatable bonds is 4. The van der Waals surface area contributed by atoms with Crippen LogP contribution in [0.15, 0.2) is 42.5 Å². The SMILES string of the molecule is Cc1cccc(C(=O)C[C@H]2CCC[C@]3(CCN(c4ccccc4F)C3=O)C2)n1. The van der Waals surface area contributed by atoms with E-state index in [1.165, 1.54) is 6.07 Å². The van der Waals surface area contributed by atoms with Crippen molar-refractivity contribution in [1.29, 1.82) is 0 Å². The number of halogens is 1. The fourth-order valence-corrected chi connectivity index (χ4v) is 4.87. The molecule has 28 heavy (non-hydrogen) atoms. The van der Waals surface area contributed by atoms with Gasteiger partial charge in [-0.05, 0) is 62.8 Å². The normalized spacial score (nSPS) is 24.7. The van der Waals surface area contributed by atoms with Gasteiger partial charge >= 0.3 is 0 Å². The largest absolute Gasteiger partial charge is 0.309 e. The lowest BCUT2D eigenvalue weighted by atomic mass is 9.67. The third kappa shape index (κ3) is 3.46. The van der Waals surface area contributed by atoms with E-state index < -0.39 is 5.41 Å². The molecular weight excluding hydrogens is 355 g/mol. The van der Waals surface area contributed by atoms with Crippen LogP contribution < -0.4 is 4.90 Å². The molecule has 2 heterocycles. The van der Waals surface area contributed by atoms with Gasteiger partial charge in [0.15, 0.2) is 5.78 Å². The number of carbonyl (C=O) groups excluding carboxylic acids is 2. The van der Waals surface area contributed by atoms with Gasteiger partial charge in [0.1, 0.15) is 11.5 Å². The Hall–Kier alpha value is -2.56. The van der Waals surface area contributed by atoms with E-state index in [0.717, 1.165) is 31.4 Å². The van der Waals surface area contributed by atoms with Gasteiger partial charge in [-0.3, -0.25) is 14.6 Å². The summed E-state index contributed by atoms with van der Waals surface area (Å²) in [7, 11) is 0. The summed E-state index contributed by atoms with van der Waals surface area (Å²) in [5.41, 5.74) is 1.25. The lowest BCUT2D eigenvalue weighted by Gasteiger charge is -2.36. The Morgan fingerprint density at radius 3 is 2.82 bits per heavy atom. The molecule has 2 fully saturated rings. The first kappa shape index (κ1) is 18.8. The smallest absolute Gasteiger partial charge is 0.233 e. The van der Waals surface area contributed by atoms with Crippen LogP contribution in [0.5, 0.6) is 0 Å². The van der Waals surface area contributed by atoms with Gasteiger partial charge in [0.05, 0.1) is 11.1 Å². The molecule has 4 nitrogen and oxygen atoms in total. The standard InChI is InChI=1S/C23H25FN2O2/c1-16-6-4-9-19(25-16)21(27)14-17-7-5-11-23(15-17)12-13-26(22(23)28)20-10-3-2-8-18(20)24/h2-4,6,8-10,17H,5,7,11-15H2,1H3/t17-,23+/m1/s1. The Morgan fingerprint density at radius 2 is 2.04 bits per heavy atom. The number of Topliss-reactive ketones (excluding diaryl/α,β-unsaturated/α-hetero) is 1. The Labute approximate surface area is 164 Å². The van der Waals surface area contributed by atoms with Crippen molar-refractivity contribution >= 4 is 17.4 Å². The van der Waals surface area contributed by atoms with Crippen LogP contribution in [0.4, 0.5) is 10.1 Å². The number of anilines is 1. The molecule has 0 radical (unpaired) electrons. The van der Waals surface area contributed by atoms with Crippen LogP contribution in [0.25, 0.3) is 0 Å². The second-order valence-electron chi connectivity index (χ2n) is 8.19. The van der Waals surface area contributed by atoms with Crippen LogP contribution in [0.1, 0.15) is 54.7 Å². The first-order chi connectivity index (χ1) is 13.5. The van der Waals surface area contributed by atoms with E-state index in [9.17, 15) is 14.0 Å². The van der Waals surface area contributed by atoms with Crippen molar-refractivity contribution in [3.8, 4) is 0 Å². The number of hydrogen-bond acceptors (Lipinski definition) is 3. The predicted molar refractivity (Wildman–Crippen MR) is 106 cm³/mol. The average Bonchev–Trinajstić information content (AvgIpc) is 2.98. The monoisotopic (exact) mass is 380 g/mol. The molecule has 2 aliphatic rings. The molecule has 1 aliphatic heterocycles. The summed E-state index contributed by atoms with van der Waals surface area (Å²) in [5.74, 6) is -0.125.